The lowest BCUT2D eigenvalue weighted by atomic mass is 10.0. The number of halogens is 1. The van der Waals surface area contributed by atoms with E-state index in [0.717, 1.165) is 4.90 Å². The predicted octanol–water partition coefficient (Wildman–Crippen LogP) is 2.97. The molecule has 0 aromatic heterocycles. The van der Waals surface area contributed by atoms with E-state index in [1.54, 1.807) is 46.0 Å². The standard InChI is InChI=1S/C17H20FN3O2/c1-5-14(10-19-4)21-15(22)17(2,3)20(16(21)23)11-12-7-6-8-13(18)9-12/h5-10H,11H2,1-4H3. The lowest BCUT2D eigenvalue weighted by molar-refractivity contribution is -0.130. The van der Waals surface area contributed by atoms with Gasteiger partial charge in [0.2, 0.25) is 0 Å². The van der Waals surface area contributed by atoms with Crippen LogP contribution in [0.3, 0.4) is 0 Å². The summed E-state index contributed by atoms with van der Waals surface area (Å²) < 4.78 is 13.4. The quantitative estimate of drug-likeness (QED) is 0.633. The molecule has 1 aliphatic rings. The average Bonchev–Trinajstić information content (AvgIpc) is 2.66. The number of benzene rings is 1. The summed E-state index contributed by atoms with van der Waals surface area (Å²) in [4.78, 5) is 31.8. The number of carbonyl (C=O) groups is 2. The van der Waals surface area contributed by atoms with Crippen molar-refractivity contribution in [2.45, 2.75) is 32.9 Å². The summed E-state index contributed by atoms with van der Waals surface area (Å²) in [7, 11) is 1.57. The number of nitrogens with zero attached hydrogens (tertiary/aromatic N) is 3. The number of amides is 3. The van der Waals surface area contributed by atoms with Gasteiger partial charge in [-0.3, -0.25) is 9.79 Å². The second kappa shape index (κ2) is 6.32. The largest absolute Gasteiger partial charge is 0.332 e. The van der Waals surface area contributed by atoms with Crippen molar-refractivity contribution in [1.82, 2.24) is 9.80 Å². The lowest BCUT2D eigenvalue weighted by Gasteiger charge is -2.27. The van der Waals surface area contributed by atoms with E-state index in [-0.39, 0.29) is 18.3 Å². The van der Waals surface area contributed by atoms with Crippen LogP contribution in [0.4, 0.5) is 9.18 Å². The Hall–Kier alpha value is -2.50. The molecule has 3 amide bonds. The summed E-state index contributed by atoms with van der Waals surface area (Å²) in [5, 5.41) is 0. The molecular formula is C17H20FN3O2. The van der Waals surface area contributed by atoms with E-state index in [1.165, 1.54) is 23.2 Å². The van der Waals surface area contributed by atoms with Crippen molar-refractivity contribution in [3.05, 3.63) is 47.4 Å². The molecular weight excluding hydrogens is 297 g/mol. The van der Waals surface area contributed by atoms with Gasteiger partial charge in [-0.25, -0.2) is 14.1 Å². The number of carbonyl (C=O) groups excluding carboxylic acids is 2. The monoisotopic (exact) mass is 317 g/mol. The van der Waals surface area contributed by atoms with Crippen molar-refractivity contribution >= 4 is 18.2 Å². The van der Waals surface area contributed by atoms with Gasteiger partial charge in [0, 0.05) is 19.8 Å². The molecule has 0 spiro atoms. The first-order chi connectivity index (χ1) is 10.8. The van der Waals surface area contributed by atoms with E-state index >= 15 is 0 Å². The summed E-state index contributed by atoms with van der Waals surface area (Å²) in [6, 6.07) is 5.58. The van der Waals surface area contributed by atoms with Crippen molar-refractivity contribution in [3.63, 3.8) is 0 Å². The minimum Gasteiger partial charge on any atom is -0.305 e. The Morgan fingerprint density at radius 1 is 1.35 bits per heavy atom. The van der Waals surface area contributed by atoms with Gasteiger partial charge in [-0.1, -0.05) is 18.2 Å². The highest BCUT2D eigenvalue weighted by Gasteiger charge is 2.52. The van der Waals surface area contributed by atoms with Crippen molar-refractivity contribution in [3.8, 4) is 0 Å². The third-order valence-corrected chi connectivity index (χ3v) is 3.87. The number of allylic oxidation sites excluding steroid dienone is 2. The number of imide groups is 1. The number of hydrogen-bond acceptors (Lipinski definition) is 3. The maximum Gasteiger partial charge on any atom is 0.332 e. The van der Waals surface area contributed by atoms with Crippen molar-refractivity contribution in [2.24, 2.45) is 4.99 Å². The minimum atomic E-state index is -1.01. The van der Waals surface area contributed by atoms with Gasteiger partial charge in [-0.2, -0.15) is 0 Å². The topological polar surface area (TPSA) is 53.0 Å². The summed E-state index contributed by atoms with van der Waals surface area (Å²) in [6.45, 7) is 5.26. The van der Waals surface area contributed by atoms with Gasteiger partial charge in [0.05, 0.1) is 5.70 Å². The van der Waals surface area contributed by atoms with E-state index < -0.39 is 11.6 Å². The summed E-state index contributed by atoms with van der Waals surface area (Å²) in [6.07, 6.45) is 3.13. The summed E-state index contributed by atoms with van der Waals surface area (Å²) in [5.74, 6) is -0.700. The molecule has 122 valence electrons. The van der Waals surface area contributed by atoms with E-state index in [4.69, 9.17) is 0 Å². The molecule has 0 saturated carbocycles. The maximum atomic E-state index is 13.4. The molecule has 0 unspecified atom stereocenters. The molecule has 6 heteroatoms. The Morgan fingerprint density at radius 2 is 2.04 bits per heavy atom. The highest BCUT2D eigenvalue weighted by molar-refractivity contribution is 6.11. The fourth-order valence-corrected chi connectivity index (χ4v) is 2.54. The second-order valence-electron chi connectivity index (χ2n) is 5.80. The number of aliphatic imine (C=N–C) groups is 1. The molecule has 1 aromatic carbocycles. The van der Waals surface area contributed by atoms with Crippen molar-refractivity contribution in [1.29, 1.82) is 0 Å². The number of rotatable bonds is 4. The van der Waals surface area contributed by atoms with E-state index in [9.17, 15) is 14.0 Å². The molecule has 5 nitrogen and oxygen atoms in total. The fraction of sp³-hybridized carbons (Fsp3) is 0.353. The van der Waals surface area contributed by atoms with E-state index in [0.29, 0.717) is 11.3 Å². The zero-order valence-corrected chi connectivity index (χ0v) is 13.7. The molecule has 0 atom stereocenters. The van der Waals surface area contributed by atoms with Gasteiger partial charge in [-0.15, -0.1) is 0 Å². The second-order valence-corrected chi connectivity index (χ2v) is 5.80. The van der Waals surface area contributed by atoms with Crippen LogP contribution in [-0.2, 0) is 11.3 Å². The molecule has 1 saturated heterocycles. The van der Waals surface area contributed by atoms with E-state index in [1.807, 2.05) is 0 Å². The predicted molar refractivity (Wildman–Crippen MR) is 86.4 cm³/mol. The minimum absolute atomic E-state index is 0.159. The molecule has 0 bridgehead atoms. The van der Waals surface area contributed by atoms with Crippen LogP contribution in [0.5, 0.6) is 0 Å². The number of urea groups is 1. The van der Waals surface area contributed by atoms with Gasteiger partial charge in [-0.05, 0) is 38.5 Å². The molecule has 1 aliphatic heterocycles. The summed E-state index contributed by atoms with van der Waals surface area (Å²) >= 11 is 0. The molecule has 1 heterocycles. The van der Waals surface area contributed by atoms with Gasteiger partial charge < -0.3 is 4.90 Å². The Labute approximate surface area is 135 Å². The number of hydrogen-bond donors (Lipinski definition) is 0. The maximum absolute atomic E-state index is 13.4. The van der Waals surface area contributed by atoms with Crippen LogP contribution in [0.15, 0.2) is 41.0 Å². The Balaban J connectivity index is 2.37. The fourth-order valence-electron chi connectivity index (χ4n) is 2.54. The lowest BCUT2D eigenvalue weighted by Crippen LogP contribution is -2.43. The molecule has 23 heavy (non-hydrogen) atoms. The molecule has 0 N–H and O–H groups in total. The average molecular weight is 317 g/mol. The first kappa shape index (κ1) is 16.9. The smallest absolute Gasteiger partial charge is 0.305 e. The zero-order valence-electron chi connectivity index (χ0n) is 13.7. The normalized spacial score (nSPS) is 18.4. The molecule has 1 aromatic rings. The highest BCUT2D eigenvalue weighted by atomic mass is 19.1. The van der Waals surface area contributed by atoms with Crippen LogP contribution >= 0.6 is 0 Å². The van der Waals surface area contributed by atoms with Crippen LogP contribution in [0.1, 0.15) is 26.3 Å². The molecule has 2 rings (SSSR count). The van der Waals surface area contributed by atoms with Crippen LogP contribution < -0.4 is 0 Å². The first-order valence-corrected chi connectivity index (χ1v) is 7.32. The molecule has 0 radical (unpaired) electrons. The van der Waals surface area contributed by atoms with Crippen LogP contribution in [0.2, 0.25) is 0 Å². The van der Waals surface area contributed by atoms with Crippen molar-refractivity contribution < 1.29 is 14.0 Å². The van der Waals surface area contributed by atoms with Crippen LogP contribution in [0, 0.1) is 5.82 Å². The van der Waals surface area contributed by atoms with E-state index in [2.05, 4.69) is 4.99 Å². The van der Waals surface area contributed by atoms with Gasteiger partial charge in [0.15, 0.2) is 0 Å². The first-order valence-electron chi connectivity index (χ1n) is 7.32. The SMILES string of the molecule is CC=C(C=NC)N1C(=O)N(Cc2cccc(F)c2)C(C)(C)C1=O. The van der Waals surface area contributed by atoms with Gasteiger partial charge in [0.1, 0.15) is 11.4 Å². The molecule has 0 aliphatic carbocycles. The Bertz CT molecular complexity index is 695. The van der Waals surface area contributed by atoms with Gasteiger partial charge in [0.25, 0.3) is 5.91 Å². The third-order valence-electron chi connectivity index (χ3n) is 3.87. The van der Waals surface area contributed by atoms with Crippen molar-refractivity contribution in [2.75, 3.05) is 7.05 Å². The van der Waals surface area contributed by atoms with Crippen LogP contribution in [0.25, 0.3) is 0 Å². The zero-order chi connectivity index (χ0) is 17.2. The Morgan fingerprint density at radius 3 is 2.61 bits per heavy atom. The van der Waals surface area contributed by atoms with Crippen LogP contribution in [-0.4, -0.2) is 40.5 Å². The highest BCUT2D eigenvalue weighted by Crippen LogP contribution is 2.31. The molecule has 1 fully saturated rings. The third kappa shape index (κ3) is 3.02. The summed E-state index contributed by atoms with van der Waals surface area (Å²) in [5.41, 5.74) is 0.0452. The van der Waals surface area contributed by atoms with Gasteiger partial charge >= 0.3 is 6.03 Å². The Kier molecular flexibility index (Phi) is 4.63.